The first kappa shape index (κ1) is 16.1. The van der Waals surface area contributed by atoms with Gasteiger partial charge in [-0.3, -0.25) is 0 Å². The highest BCUT2D eigenvalue weighted by molar-refractivity contribution is 4.70. The van der Waals surface area contributed by atoms with E-state index in [1.165, 1.54) is 83.5 Å². The Labute approximate surface area is 116 Å². The van der Waals surface area contributed by atoms with E-state index < -0.39 is 0 Å². The van der Waals surface area contributed by atoms with Crippen molar-refractivity contribution in [2.24, 2.45) is 11.8 Å². The van der Waals surface area contributed by atoms with Crippen molar-refractivity contribution < 1.29 is 0 Å². The molecular formula is C18H36. The number of rotatable bonds is 10. The van der Waals surface area contributed by atoms with E-state index in [2.05, 4.69) is 13.8 Å². The minimum absolute atomic E-state index is 1.04. The number of hydrogen-bond acceptors (Lipinski definition) is 0. The Kier molecular flexibility index (Phi) is 9.70. The van der Waals surface area contributed by atoms with Gasteiger partial charge in [0.1, 0.15) is 0 Å². The van der Waals surface area contributed by atoms with Crippen molar-refractivity contribution in [2.45, 2.75) is 104 Å². The lowest BCUT2D eigenvalue weighted by Gasteiger charge is -2.26. The molecule has 108 valence electrons. The van der Waals surface area contributed by atoms with E-state index in [0.29, 0.717) is 0 Å². The highest BCUT2D eigenvalue weighted by atomic mass is 14.2. The monoisotopic (exact) mass is 252 g/mol. The van der Waals surface area contributed by atoms with Gasteiger partial charge < -0.3 is 0 Å². The van der Waals surface area contributed by atoms with Crippen molar-refractivity contribution >= 4 is 0 Å². The average Bonchev–Trinajstić information content (AvgIpc) is 2.42. The first-order valence-corrected chi connectivity index (χ1v) is 8.86. The molecule has 0 radical (unpaired) electrons. The first-order valence-electron chi connectivity index (χ1n) is 8.86. The molecule has 0 N–H and O–H groups in total. The Hall–Kier alpha value is 0. The standard InChI is InChI=1S/C18H36/c1-3-5-6-7-8-10-13-17(4-2)16-18-14-11-9-12-15-18/h17-18H,3-16H2,1-2H3. The molecule has 1 saturated carbocycles. The first-order chi connectivity index (χ1) is 8.86. The van der Waals surface area contributed by atoms with Gasteiger partial charge in [0.15, 0.2) is 0 Å². The van der Waals surface area contributed by atoms with Crippen molar-refractivity contribution in [1.29, 1.82) is 0 Å². The van der Waals surface area contributed by atoms with Gasteiger partial charge >= 0.3 is 0 Å². The van der Waals surface area contributed by atoms with Crippen LogP contribution in [0, 0.1) is 11.8 Å². The van der Waals surface area contributed by atoms with Gasteiger partial charge in [0.25, 0.3) is 0 Å². The fourth-order valence-electron chi connectivity index (χ4n) is 3.60. The van der Waals surface area contributed by atoms with E-state index in [1.54, 1.807) is 6.42 Å². The van der Waals surface area contributed by atoms with E-state index in [9.17, 15) is 0 Å². The molecule has 0 saturated heterocycles. The van der Waals surface area contributed by atoms with Gasteiger partial charge in [-0.25, -0.2) is 0 Å². The van der Waals surface area contributed by atoms with E-state index in [1.807, 2.05) is 0 Å². The summed E-state index contributed by atoms with van der Waals surface area (Å²) in [6.45, 7) is 4.71. The molecule has 1 aliphatic rings. The van der Waals surface area contributed by atoms with Gasteiger partial charge in [0.2, 0.25) is 0 Å². The molecule has 0 aromatic heterocycles. The maximum atomic E-state index is 2.41. The third-order valence-corrected chi connectivity index (χ3v) is 4.93. The summed E-state index contributed by atoms with van der Waals surface area (Å²) in [5.74, 6) is 2.13. The summed E-state index contributed by atoms with van der Waals surface area (Å²) in [6.07, 6.45) is 20.8. The molecule has 1 aliphatic carbocycles. The Morgan fingerprint density at radius 3 is 2.17 bits per heavy atom. The summed E-state index contributed by atoms with van der Waals surface area (Å²) in [4.78, 5) is 0. The Morgan fingerprint density at radius 1 is 0.833 bits per heavy atom. The summed E-state index contributed by atoms with van der Waals surface area (Å²) < 4.78 is 0. The highest BCUT2D eigenvalue weighted by Crippen LogP contribution is 2.32. The van der Waals surface area contributed by atoms with Crippen LogP contribution in [0.25, 0.3) is 0 Å². The zero-order valence-electron chi connectivity index (χ0n) is 13.1. The zero-order valence-corrected chi connectivity index (χ0v) is 13.1. The van der Waals surface area contributed by atoms with Crippen LogP contribution < -0.4 is 0 Å². The SMILES string of the molecule is CCCCCCCCC(CC)CC1CCCCC1. The molecule has 0 heterocycles. The van der Waals surface area contributed by atoms with Gasteiger partial charge in [-0.05, 0) is 18.3 Å². The van der Waals surface area contributed by atoms with Crippen molar-refractivity contribution in [3.05, 3.63) is 0 Å². The van der Waals surface area contributed by atoms with Gasteiger partial charge in [0, 0.05) is 0 Å². The fourth-order valence-corrected chi connectivity index (χ4v) is 3.60. The highest BCUT2D eigenvalue weighted by Gasteiger charge is 2.17. The lowest BCUT2D eigenvalue weighted by molar-refractivity contribution is 0.270. The smallest absolute Gasteiger partial charge is 0.0412 e. The molecule has 0 amide bonds. The van der Waals surface area contributed by atoms with Crippen molar-refractivity contribution in [1.82, 2.24) is 0 Å². The molecular weight excluding hydrogens is 216 g/mol. The van der Waals surface area contributed by atoms with Crippen molar-refractivity contribution in [3.8, 4) is 0 Å². The molecule has 0 aliphatic heterocycles. The van der Waals surface area contributed by atoms with Crippen LogP contribution in [0.3, 0.4) is 0 Å². The van der Waals surface area contributed by atoms with E-state index in [0.717, 1.165) is 11.8 Å². The zero-order chi connectivity index (χ0) is 13.1. The average molecular weight is 252 g/mol. The molecule has 0 bridgehead atoms. The molecule has 0 aromatic rings. The maximum absolute atomic E-state index is 2.41. The van der Waals surface area contributed by atoms with Crippen LogP contribution in [0.2, 0.25) is 0 Å². The number of hydrogen-bond donors (Lipinski definition) is 0. The van der Waals surface area contributed by atoms with Gasteiger partial charge in [-0.1, -0.05) is 97.3 Å². The van der Waals surface area contributed by atoms with Crippen molar-refractivity contribution in [3.63, 3.8) is 0 Å². The molecule has 0 spiro atoms. The second kappa shape index (κ2) is 10.9. The molecule has 0 heteroatoms. The Balaban J connectivity index is 2.01. The molecule has 1 rings (SSSR count). The summed E-state index contributed by atoms with van der Waals surface area (Å²) in [7, 11) is 0. The van der Waals surface area contributed by atoms with Crippen LogP contribution in [-0.4, -0.2) is 0 Å². The van der Waals surface area contributed by atoms with Crippen LogP contribution in [0.5, 0.6) is 0 Å². The van der Waals surface area contributed by atoms with Crippen LogP contribution >= 0.6 is 0 Å². The normalized spacial score (nSPS) is 19.0. The predicted octanol–water partition coefficient (Wildman–Crippen LogP) is 6.73. The molecule has 1 atom stereocenters. The van der Waals surface area contributed by atoms with E-state index >= 15 is 0 Å². The van der Waals surface area contributed by atoms with Gasteiger partial charge in [-0.2, -0.15) is 0 Å². The van der Waals surface area contributed by atoms with Gasteiger partial charge in [0.05, 0.1) is 0 Å². The third kappa shape index (κ3) is 7.44. The molecule has 1 fully saturated rings. The quantitative estimate of drug-likeness (QED) is 0.378. The van der Waals surface area contributed by atoms with Crippen molar-refractivity contribution in [2.75, 3.05) is 0 Å². The summed E-state index contributed by atoms with van der Waals surface area (Å²) in [5.41, 5.74) is 0. The minimum atomic E-state index is 1.04. The minimum Gasteiger partial charge on any atom is -0.0654 e. The lowest BCUT2D eigenvalue weighted by Crippen LogP contribution is -2.12. The lowest BCUT2D eigenvalue weighted by atomic mass is 9.80. The summed E-state index contributed by atoms with van der Waals surface area (Å²) >= 11 is 0. The van der Waals surface area contributed by atoms with Crippen LogP contribution in [0.15, 0.2) is 0 Å². The fraction of sp³-hybridized carbons (Fsp3) is 1.00. The second-order valence-electron chi connectivity index (χ2n) is 6.57. The number of unbranched alkanes of at least 4 members (excludes halogenated alkanes) is 5. The maximum Gasteiger partial charge on any atom is -0.0412 e. The summed E-state index contributed by atoms with van der Waals surface area (Å²) in [6, 6.07) is 0. The Morgan fingerprint density at radius 2 is 1.50 bits per heavy atom. The van der Waals surface area contributed by atoms with Crippen LogP contribution in [-0.2, 0) is 0 Å². The topological polar surface area (TPSA) is 0 Å². The molecule has 18 heavy (non-hydrogen) atoms. The summed E-state index contributed by atoms with van der Waals surface area (Å²) in [5, 5.41) is 0. The Bertz CT molecular complexity index is 167. The molecule has 1 unspecified atom stereocenters. The molecule has 0 aromatic carbocycles. The molecule has 0 nitrogen and oxygen atoms in total. The largest absolute Gasteiger partial charge is 0.0654 e. The third-order valence-electron chi connectivity index (χ3n) is 4.93. The van der Waals surface area contributed by atoms with Crippen LogP contribution in [0.1, 0.15) is 104 Å². The second-order valence-corrected chi connectivity index (χ2v) is 6.57. The van der Waals surface area contributed by atoms with Gasteiger partial charge in [-0.15, -0.1) is 0 Å². The predicted molar refractivity (Wildman–Crippen MR) is 83.0 cm³/mol. The van der Waals surface area contributed by atoms with E-state index in [-0.39, 0.29) is 0 Å². The van der Waals surface area contributed by atoms with E-state index in [4.69, 9.17) is 0 Å². The van der Waals surface area contributed by atoms with Crippen LogP contribution in [0.4, 0.5) is 0 Å².